The van der Waals surface area contributed by atoms with Gasteiger partial charge in [0.15, 0.2) is 9.84 Å². The summed E-state index contributed by atoms with van der Waals surface area (Å²) in [6.45, 7) is 0.867. The third-order valence-electron chi connectivity index (χ3n) is 2.99. The van der Waals surface area contributed by atoms with Crippen molar-refractivity contribution < 1.29 is 18.1 Å². The first kappa shape index (κ1) is 19.8. The number of hydrogen-bond donors (Lipinski definition) is 1. The largest absolute Gasteiger partial charge is 0.366 e. The summed E-state index contributed by atoms with van der Waals surface area (Å²) in [5.74, 6) is -0.959. The highest BCUT2D eigenvalue weighted by Gasteiger charge is 2.27. The average molecular weight is 473 g/mol. The van der Waals surface area contributed by atoms with Crippen LogP contribution < -0.4 is 10.6 Å². The fourth-order valence-corrected chi connectivity index (χ4v) is 3.75. The third kappa shape index (κ3) is 4.88. The minimum atomic E-state index is -3.84. The normalized spacial score (nSPS) is 11.3. The summed E-state index contributed by atoms with van der Waals surface area (Å²) in [6, 6.07) is 2.06. The van der Waals surface area contributed by atoms with Crippen molar-refractivity contribution in [2.24, 2.45) is 5.73 Å². The van der Waals surface area contributed by atoms with Gasteiger partial charge in [-0.05, 0) is 6.07 Å². The molecule has 1 aromatic carbocycles. The van der Waals surface area contributed by atoms with Gasteiger partial charge in [0.1, 0.15) is 5.69 Å². The number of carbonyl (C=O) groups excluding carboxylic acids is 1. The van der Waals surface area contributed by atoms with E-state index in [0.29, 0.717) is 23.7 Å². The Balaban J connectivity index is 3.72. The van der Waals surface area contributed by atoms with Crippen molar-refractivity contribution in [3.8, 4) is 0 Å². The zero-order chi connectivity index (χ0) is 17.8. The Morgan fingerprint density at radius 2 is 1.83 bits per heavy atom. The molecule has 128 valence electrons. The Morgan fingerprint density at radius 3 is 2.17 bits per heavy atom. The number of carbonyl (C=O) groups is 1. The lowest BCUT2D eigenvalue weighted by molar-refractivity contribution is -0.384. The fourth-order valence-electron chi connectivity index (χ4n) is 2.01. The monoisotopic (exact) mass is 471 g/mol. The summed E-state index contributed by atoms with van der Waals surface area (Å²) in [5, 5.41) is 12.4. The number of alkyl halides is 2. The molecule has 0 spiro atoms. The van der Waals surface area contributed by atoms with Gasteiger partial charge in [0.25, 0.3) is 5.69 Å². The highest BCUT2D eigenvalue weighted by atomic mass is 79.9. The number of benzene rings is 1. The Bertz CT molecular complexity index is 718. The summed E-state index contributed by atoms with van der Waals surface area (Å²) in [6.07, 6.45) is 0.868. The van der Waals surface area contributed by atoms with Crippen LogP contribution in [0.4, 0.5) is 11.4 Å². The number of amides is 1. The highest BCUT2D eigenvalue weighted by Crippen LogP contribution is 2.33. The summed E-state index contributed by atoms with van der Waals surface area (Å²) < 4.78 is 23.6. The van der Waals surface area contributed by atoms with Crippen molar-refractivity contribution in [1.82, 2.24) is 0 Å². The van der Waals surface area contributed by atoms with Crippen LogP contribution in [0.25, 0.3) is 0 Å². The number of anilines is 1. The molecule has 0 unspecified atom stereocenters. The second-order valence-electron chi connectivity index (χ2n) is 4.60. The molecule has 23 heavy (non-hydrogen) atoms. The van der Waals surface area contributed by atoms with Gasteiger partial charge in [-0.25, -0.2) is 8.42 Å². The molecule has 1 rings (SSSR count). The van der Waals surface area contributed by atoms with Gasteiger partial charge in [0.05, 0.1) is 15.4 Å². The number of nitro benzene ring substituents is 1. The molecule has 0 atom stereocenters. The van der Waals surface area contributed by atoms with E-state index in [1.54, 1.807) is 4.90 Å². The molecule has 0 saturated heterocycles. The van der Waals surface area contributed by atoms with Gasteiger partial charge in [-0.15, -0.1) is 0 Å². The number of rotatable bonds is 8. The van der Waals surface area contributed by atoms with Crippen molar-refractivity contribution in [1.29, 1.82) is 0 Å². The van der Waals surface area contributed by atoms with E-state index in [1.807, 2.05) is 0 Å². The minimum absolute atomic E-state index is 0.148. The van der Waals surface area contributed by atoms with E-state index in [9.17, 15) is 23.3 Å². The van der Waals surface area contributed by atoms with Crippen LogP contribution in [0.1, 0.15) is 10.4 Å². The van der Waals surface area contributed by atoms with Gasteiger partial charge in [0, 0.05) is 36.1 Å². The van der Waals surface area contributed by atoms with Crippen molar-refractivity contribution in [3.05, 3.63) is 27.8 Å². The van der Waals surface area contributed by atoms with Gasteiger partial charge in [-0.3, -0.25) is 14.9 Å². The average Bonchev–Trinajstić information content (AvgIpc) is 2.44. The first-order chi connectivity index (χ1) is 10.6. The molecule has 0 heterocycles. The van der Waals surface area contributed by atoms with Gasteiger partial charge >= 0.3 is 0 Å². The topological polar surface area (TPSA) is 124 Å². The predicted octanol–water partition coefficient (Wildman–Crippen LogP) is 1.69. The molecule has 11 heteroatoms. The molecule has 0 aliphatic heterocycles. The third-order valence-corrected chi connectivity index (χ3v) is 4.83. The molecule has 2 N–H and O–H groups in total. The fraction of sp³-hybridized carbons (Fsp3) is 0.417. The lowest BCUT2D eigenvalue weighted by Crippen LogP contribution is -2.29. The number of nitrogens with two attached hydrogens (primary N) is 1. The number of sulfone groups is 1. The standard InChI is InChI=1S/C12H15Br2N3O5S/c1-23(21,22)11-7-10(17(19)20)9(6-8(11)12(15)18)16(4-2-13)5-3-14/h6-7H,2-5H2,1H3,(H2,15,18). The first-order valence-corrected chi connectivity index (χ1v) is 10.5. The van der Waals surface area contributed by atoms with Crippen molar-refractivity contribution in [2.45, 2.75) is 4.90 Å². The maximum Gasteiger partial charge on any atom is 0.293 e. The smallest absolute Gasteiger partial charge is 0.293 e. The molecule has 1 aromatic rings. The molecule has 0 saturated carbocycles. The molecule has 1 amide bonds. The van der Waals surface area contributed by atoms with Crippen molar-refractivity contribution >= 4 is 59.0 Å². The van der Waals surface area contributed by atoms with E-state index in [4.69, 9.17) is 5.73 Å². The van der Waals surface area contributed by atoms with E-state index in [-0.39, 0.29) is 11.3 Å². The molecular weight excluding hydrogens is 458 g/mol. The number of halogens is 2. The number of primary amides is 1. The molecule has 0 bridgehead atoms. The van der Waals surface area contributed by atoms with Crippen LogP contribution >= 0.6 is 31.9 Å². The van der Waals surface area contributed by atoms with E-state index in [1.165, 1.54) is 6.07 Å². The number of nitrogens with zero attached hydrogens (tertiary/aromatic N) is 2. The summed E-state index contributed by atoms with van der Waals surface area (Å²) in [5.41, 5.74) is 4.74. The van der Waals surface area contributed by atoms with Crippen LogP contribution in [0.5, 0.6) is 0 Å². The van der Waals surface area contributed by atoms with Gasteiger partial charge in [-0.2, -0.15) is 0 Å². The van der Waals surface area contributed by atoms with Crippen LogP contribution in [-0.2, 0) is 9.84 Å². The maximum atomic E-state index is 11.8. The Hall–Kier alpha value is -1.20. The second kappa shape index (κ2) is 8.06. The number of hydrogen-bond acceptors (Lipinski definition) is 6. The second-order valence-corrected chi connectivity index (χ2v) is 8.17. The minimum Gasteiger partial charge on any atom is -0.366 e. The summed E-state index contributed by atoms with van der Waals surface area (Å²) >= 11 is 6.52. The van der Waals surface area contributed by atoms with Crippen molar-refractivity contribution in [3.63, 3.8) is 0 Å². The Kier molecular flexibility index (Phi) is 6.96. The van der Waals surface area contributed by atoms with E-state index < -0.39 is 31.3 Å². The molecule has 8 nitrogen and oxygen atoms in total. The van der Waals surface area contributed by atoms with Gasteiger partial charge in [0.2, 0.25) is 5.91 Å². The highest BCUT2D eigenvalue weighted by molar-refractivity contribution is 9.09. The quantitative estimate of drug-likeness (QED) is 0.348. The summed E-state index contributed by atoms with van der Waals surface area (Å²) in [4.78, 5) is 23.5. The summed E-state index contributed by atoms with van der Waals surface area (Å²) in [7, 11) is -3.84. The van der Waals surface area contributed by atoms with Crippen LogP contribution in [0.15, 0.2) is 17.0 Å². The Morgan fingerprint density at radius 1 is 1.30 bits per heavy atom. The molecule has 0 aliphatic carbocycles. The van der Waals surface area contributed by atoms with Crippen LogP contribution in [0, 0.1) is 10.1 Å². The van der Waals surface area contributed by atoms with E-state index >= 15 is 0 Å². The zero-order valence-corrected chi connectivity index (χ0v) is 16.1. The van der Waals surface area contributed by atoms with Gasteiger partial charge < -0.3 is 10.6 Å². The number of nitro groups is 1. The van der Waals surface area contributed by atoms with Crippen LogP contribution in [0.2, 0.25) is 0 Å². The van der Waals surface area contributed by atoms with Crippen molar-refractivity contribution in [2.75, 3.05) is 34.9 Å². The van der Waals surface area contributed by atoms with Gasteiger partial charge in [-0.1, -0.05) is 31.9 Å². The Labute approximate surface area is 150 Å². The lowest BCUT2D eigenvalue weighted by atomic mass is 10.1. The van der Waals surface area contributed by atoms with E-state index in [2.05, 4.69) is 31.9 Å². The SMILES string of the molecule is CS(=O)(=O)c1cc([N+](=O)[O-])c(N(CCBr)CCBr)cc1C(N)=O. The first-order valence-electron chi connectivity index (χ1n) is 6.32. The molecular formula is C12H15Br2N3O5S. The predicted molar refractivity (Wildman–Crippen MR) is 94.5 cm³/mol. The lowest BCUT2D eigenvalue weighted by Gasteiger charge is -2.23. The van der Waals surface area contributed by atoms with Crippen LogP contribution in [0.3, 0.4) is 0 Å². The molecule has 0 aliphatic rings. The zero-order valence-electron chi connectivity index (χ0n) is 12.2. The molecule has 0 radical (unpaired) electrons. The van der Waals surface area contributed by atoms with E-state index in [0.717, 1.165) is 12.3 Å². The molecule has 0 aromatic heterocycles. The molecule has 0 fully saturated rings. The van der Waals surface area contributed by atoms with Crippen LogP contribution in [-0.4, -0.2) is 49.3 Å². The maximum absolute atomic E-state index is 11.8.